The van der Waals surface area contributed by atoms with E-state index in [1.54, 1.807) is 11.3 Å². The molecule has 2 aromatic heterocycles. The van der Waals surface area contributed by atoms with E-state index < -0.39 is 0 Å². The van der Waals surface area contributed by atoms with Gasteiger partial charge in [0, 0.05) is 17.0 Å². The smallest absolute Gasteiger partial charge is 0.189 e. The van der Waals surface area contributed by atoms with E-state index in [0.717, 1.165) is 21.6 Å². The van der Waals surface area contributed by atoms with Crippen molar-refractivity contribution < 1.29 is 0 Å². The molecule has 4 heteroatoms. The Kier molecular flexibility index (Phi) is 2.80. The van der Waals surface area contributed by atoms with Crippen molar-refractivity contribution in [2.45, 2.75) is 19.8 Å². The van der Waals surface area contributed by atoms with Gasteiger partial charge in [0.05, 0.1) is 11.2 Å². The maximum Gasteiger partial charge on any atom is 0.189 e. The number of hydrogen-bond donors (Lipinski definition) is 0. The molecule has 0 N–H and O–H groups in total. The normalized spacial score (nSPS) is 11.3. The number of hydrogen-bond acceptors (Lipinski definition) is 4. The Hall–Kier alpha value is -1.81. The van der Waals surface area contributed by atoms with E-state index in [2.05, 4.69) is 34.2 Å². The summed E-state index contributed by atoms with van der Waals surface area (Å²) in [5, 5.41) is 4.03. The van der Waals surface area contributed by atoms with E-state index in [1.807, 2.05) is 30.5 Å². The molecule has 90 valence electrons. The number of para-hydroxylation sites is 1. The highest BCUT2D eigenvalue weighted by molar-refractivity contribution is 7.13. The van der Waals surface area contributed by atoms with Gasteiger partial charge in [-0.3, -0.25) is 0 Å². The Bertz CT molecular complexity index is 688. The van der Waals surface area contributed by atoms with Crippen molar-refractivity contribution in [2.75, 3.05) is 0 Å². The molecule has 3 nitrogen and oxygen atoms in total. The third-order valence-electron chi connectivity index (χ3n) is 2.79. The minimum atomic E-state index is 0.440. The van der Waals surface area contributed by atoms with Gasteiger partial charge in [0.2, 0.25) is 0 Å². The van der Waals surface area contributed by atoms with Crippen molar-refractivity contribution in [3.8, 4) is 10.8 Å². The number of benzene rings is 1. The molecule has 18 heavy (non-hydrogen) atoms. The summed E-state index contributed by atoms with van der Waals surface area (Å²) in [6.07, 6.45) is 1.86. The molecule has 0 aliphatic heterocycles. The van der Waals surface area contributed by atoms with Gasteiger partial charge < -0.3 is 0 Å². The van der Waals surface area contributed by atoms with Crippen molar-refractivity contribution in [2.24, 2.45) is 0 Å². The quantitative estimate of drug-likeness (QED) is 0.697. The fourth-order valence-corrected chi connectivity index (χ4v) is 2.65. The Morgan fingerprint density at radius 2 is 1.94 bits per heavy atom. The van der Waals surface area contributed by atoms with Gasteiger partial charge in [-0.05, 0) is 12.0 Å². The van der Waals surface area contributed by atoms with Gasteiger partial charge in [0.15, 0.2) is 10.8 Å². The second kappa shape index (κ2) is 4.46. The van der Waals surface area contributed by atoms with Crippen molar-refractivity contribution in [3.63, 3.8) is 0 Å². The lowest BCUT2D eigenvalue weighted by Gasteiger charge is -1.99. The first-order valence-electron chi connectivity index (χ1n) is 5.91. The molecule has 0 aliphatic rings. The molecule has 0 atom stereocenters. The zero-order valence-corrected chi connectivity index (χ0v) is 11.1. The monoisotopic (exact) mass is 255 g/mol. The third-order valence-corrected chi connectivity index (χ3v) is 3.65. The van der Waals surface area contributed by atoms with Crippen LogP contribution in [-0.2, 0) is 0 Å². The van der Waals surface area contributed by atoms with Crippen LogP contribution in [-0.4, -0.2) is 15.0 Å². The van der Waals surface area contributed by atoms with Gasteiger partial charge in [-0.15, -0.1) is 11.3 Å². The maximum absolute atomic E-state index is 4.58. The lowest BCUT2D eigenvalue weighted by Crippen LogP contribution is -1.91. The van der Waals surface area contributed by atoms with E-state index in [0.29, 0.717) is 11.7 Å². The van der Waals surface area contributed by atoms with Crippen LogP contribution in [0.3, 0.4) is 0 Å². The maximum atomic E-state index is 4.58. The molecule has 1 aromatic carbocycles. The van der Waals surface area contributed by atoms with Gasteiger partial charge in [-0.1, -0.05) is 32.0 Å². The molecule has 0 bridgehead atoms. The highest BCUT2D eigenvalue weighted by atomic mass is 32.1. The second-order valence-electron chi connectivity index (χ2n) is 4.48. The molecule has 0 spiro atoms. The Morgan fingerprint density at radius 3 is 2.72 bits per heavy atom. The van der Waals surface area contributed by atoms with Crippen LogP contribution in [0.2, 0.25) is 0 Å². The van der Waals surface area contributed by atoms with Gasteiger partial charge in [0.1, 0.15) is 0 Å². The van der Waals surface area contributed by atoms with E-state index >= 15 is 0 Å². The number of nitrogens with zero attached hydrogens (tertiary/aromatic N) is 3. The summed E-state index contributed by atoms with van der Waals surface area (Å²) in [5.74, 6) is 1.15. The van der Waals surface area contributed by atoms with Crippen LogP contribution < -0.4 is 0 Å². The van der Waals surface area contributed by atoms with Crippen molar-refractivity contribution in [3.05, 3.63) is 41.5 Å². The first-order valence-corrected chi connectivity index (χ1v) is 6.79. The lowest BCUT2D eigenvalue weighted by molar-refractivity contribution is 0.833. The number of fused-ring (bicyclic) bond motifs is 1. The molecule has 3 rings (SSSR count). The summed E-state index contributed by atoms with van der Waals surface area (Å²) >= 11 is 1.60. The Labute approximate surface area is 110 Å². The van der Waals surface area contributed by atoms with Crippen LogP contribution in [0.15, 0.2) is 35.8 Å². The predicted octanol–water partition coefficient (Wildman–Crippen LogP) is 3.88. The van der Waals surface area contributed by atoms with E-state index in [4.69, 9.17) is 0 Å². The molecule has 0 unspecified atom stereocenters. The number of thiazole rings is 1. The highest BCUT2D eigenvalue weighted by Crippen LogP contribution is 2.25. The third kappa shape index (κ3) is 1.99. The largest absolute Gasteiger partial charge is 0.237 e. The highest BCUT2D eigenvalue weighted by Gasteiger charge is 2.10. The first-order chi connectivity index (χ1) is 8.74. The molecule has 2 heterocycles. The molecule has 0 fully saturated rings. The zero-order valence-electron chi connectivity index (χ0n) is 10.3. The van der Waals surface area contributed by atoms with E-state index in [-0.39, 0.29) is 0 Å². The summed E-state index contributed by atoms with van der Waals surface area (Å²) in [4.78, 5) is 13.5. The molecule has 0 saturated heterocycles. The van der Waals surface area contributed by atoms with E-state index in [9.17, 15) is 0 Å². The predicted molar refractivity (Wildman–Crippen MR) is 74.7 cm³/mol. The van der Waals surface area contributed by atoms with Crippen LogP contribution in [0.1, 0.15) is 25.5 Å². The van der Waals surface area contributed by atoms with Gasteiger partial charge in [-0.2, -0.15) is 0 Å². The molecule has 0 radical (unpaired) electrons. The fourth-order valence-electron chi connectivity index (χ4n) is 1.73. The molecular weight excluding hydrogens is 242 g/mol. The van der Waals surface area contributed by atoms with Gasteiger partial charge >= 0.3 is 0 Å². The average Bonchev–Trinajstić information content (AvgIpc) is 2.88. The van der Waals surface area contributed by atoms with Crippen LogP contribution >= 0.6 is 11.3 Å². The van der Waals surface area contributed by atoms with Crippen molar-refractivity contribution >= 4 is 22.2 Å². The number of aromatic nitrogens is 3. The Morgan fingerprint density at radius 1 is 1.11 bits per heavy atom. The Balaban J connectivity index is 2.07. The molecule has 0 aliphatic carbocycles. The average molecular weight is 255 g/mol. The fraction of sp³-hybridized carbons (Fsp3) is 0.214. The molecular formula is C14H13N3S. The van der Waals surface area contributed by atoms with E-state index in [1.165, 1.54) is 0 Å². The molecule has 0 amide bonds. The number of rotatable bonds is 2. The van der Waals surface area contributed by atoms with Crippen molar-refractivity contribution in [1.29, 1.82) is 0 Å². The topological polar surface area (TPSA) is 38.7 Å². The minimum absolute atomic E-state index is 0.440. The van der Waals surface area contributed by atoms with Crippen LogP contribution in [0, 0.1) is 0 Å². The summed E-state index contributed by atoms with van der Waals surface area (Å²) in [6, 6.07) is 7.99. The first kappa shape index (κ1) is 11.3. The second-order valence-corrected chi connectivity index (χ2v) is 5.34. The summed E-state index contributed by atoms with van der Waals surface area (Å²) < 4.78 is 0. The zero-order chi connectivity index (χ0) is 12.5. The van der Waals surface area contributed by atoms with Gasteiger partial charge in [-0.25, -0.2) is 15.0 Å². The van der Waals surface area contributed by atoms with Gasteiger partial charge in [0.25, 0.3) is 0 Å². The summed E-state index contributed by atoms with van der Waals surface area (Å²) in [7, 11) is 0. The summed E-state index contributed by atoms with van der Waals surface area (Å²) in [5.41, 5.74) is 2.07. The van der Waals surface area contributed by atoms with Crippen LogP contribution in [0.25, 0.3) is 21.7 Å². The lowest BCUT2D eigenvalue weighted by atomic mass is 10.2. The minimum Gasteiger partial charge on any atom is -0.237 e. The molecule has 0 saturated carbocycles. The SMILES string of the molecule is CC(C)c1csc(-c2ncc3ccccc3n2)n1. The molecule has 3 aromatic rings. The van der Waals surface area contributed by atoms with Crippen LogP contribution in [0.4, 0.5) is 0 Å². The summed E-state index contributed by atoms with van der Waals surface area (Å²) in [6.45, 7) is 4.28. The van der Waals surface area contributed by atoms with Crippen molar-refractivity contribution in [1.82, 2.24) is 15.0 Å². The standard InChI is InChI=1S/C14H13N3S/c1-9(2)12-8-18-14(17-12)13-15-7-10-5-3-4-6-11(10)16-13/h3-9H,1-2H3. The van der Waals surface area contributed by atoms with Crippen LogP contribution in [0.5, 0.6) is 0 Å².